The van der Waals surface area contributed by atoms with Crippen molar-refractivity contribution in [2.45, 2.75) is 6.54 Å². The molecule has 1 N–H and O–H groups in total. The highest BCUT2D eigenvalue weighted by Crippen LogP contribution is 2.21. The summed E-state index contributed by atoms with van der Waals surface area (Å²) in [4.78, 5) is 0. The average molecular weight is 288 g/mol. The predicted molar refractivity (Wildman–Crippen MR) is 70.1 cm³/mol. The SMILES string of the molecule is Fc1cc(Cl)ccc1CNc1cc(Cl)ccc1F. The summed E-state index contributed by atoms with van der Waals surface area (Å²) in [5.41, 5.74) is 0.635. The molecule has 2 rings (SSSR count). The maximum Gasteiger partial charge on any atom is 0.146 e. The Morgan fingerprint density at radius 2 is 1.56 bits per heavy atom. The molecule has 5 heteroatoms. The first-order chi connectivity index (χ1) is 8.56. The molecule has 0 aromatic heterocycles. The monoisotopic (exact) mass is 287 g/mol. The van der Waals surface area contributed by atoms with Gasteiger partial charge in [-0.05, 0) is 30.3 Å². The normalized spacial score (nSPS) is 10.4. The number of halogens is 4. The van der Waals surface area contributed by atoms with Crippen molar-refractivity contribution >= 4 is 28.9 Å². The molecule has 0 heterocycles. The summed E-state index contributed by atoms with van der Waals surface area (Å²) in [5, 5.41) is 3.52. The van der Waals surface area contributed by atoms with Crippen LogP contribution in [0.15, 0.2) is 36.4 Å². The van der Waals surface area contributed by atoms with Gasteiger partial charge in [-0.1, -0.05) is 29.3 Å². The van der Waals surface area contributed by atoms with Crippen LogP contribution in [0.1, 0.15) is 5.56 Å². The van der Waals surface area contributed by atoms with Gasteiger partial charge in [0.05, 0.1) is 5.69 Å². The third kappa shape index (κ3) is 3.12. The minimum Gasteiger partial charge on any atom is -0.378 e. The average Bonchev–Trinajstić information content (AvgIpc) is 2.32. The van der Waals surface area contributed by atoms with E-state index in [1.165, 1.54) is 24.3 Å². The van der Waals surface area contributed by atoms with Gasteiger partial charge in [0.2, 0.25) is 0 Å². The molecule has 2 aromatic rings. The van der Waals surface area contributed by atoms with Crippen LogP contribution < -0.4 is 5.32 Å². The second-order valence-corrected chi connectivity index (χ2v) is 4.59. The smallest absolute Gasteiger partial charge is 0.146 e. The lowest BCUT2D eigenvalue weighted by atomic mass is 10.2. The minimum atomic E-state index is -0.436. The summed E-state index contributed by atoms with van der Waals surface area (Å²) in [6.45, 7) is 0.153. The molecule has 0 fully saturated rings. The van der Waals surface area contributed by atoms with Crippen LogP contribution in [0.25, 0.3) is 0 Å². The summed E-state index contributed by atoms with van der Waals surface area (Å²) in [6.07, 6.45) is 0. The van der Waals surface area contributed by atoms with Crippen molar-refractivity contribution in [3.63, 3.8) is 0 Å². The van der Waals surface area contributed by atoms with Gasteiger partial charge in [0.25, 0.3) is 0 Å². The first-order valence-electron chi connectivity index (χ1n) is 5.19. The van der Waals surface area contributed by atoms with Crippen molar-refractivity contribution < 1.29 is 8.78 Å². The van der Waals surface area contributed by atoms with E-state index < -0.39 is 11.6 Å². The highest BCUT2D eigenvalue weighted by Gasteiger charge is 2.06. The fourth-order valence-corrected chi connectivity index (χ4v) is 1.82. The zero-order chi connectivity index (χ0) is 13.1. The summed E-state index contributed by atoms with van der Waals surface area (Å²) in [6, 6.07) is 8.49. The molecule has 0 aliphatic rings. The first kappa shape index (κ1) is 13.1. The summed E-state index contributed by atoms with van der Waals surface area (Å²) in [7, 11) is 0. The molecule has 0 bridgehead atoms. The van der Waals surface area contributed by atoms with Gasteiger partial charge in [0.15, 0.2) is 0 Å². The zero-order valence-electron chi connectivity index (χ0n) is 9.18. The second-order valence-electron chi connectivity index (χ2n) is 3.71. The van der Waals surface area contributed by atoms with Crippen molar-refractivity contribution in [2.24, 2.45) is 0 Å². The number of hydrogen-bond acceptors (Lipinski definition) is 1. The molecule has 0 aliphatic heterocycles. The highest BCUT2D eigenvalue weighted by atomic mass is 35.5. The van der Waals surface area contributed by atoms with Crippen LogP contribution in [0.5, 0.6) is 0 Å². The van der Waals surface area contributed by atoms with Gasteiger partial charge in [0, 0.05) is 22.2 Å². The van der Waals surface area contributed by atoms with Crippen molar-refractivity contribution in [2.75, 3.05) is 5.32 Å². The van der Waals surface area contributed by atoms with Crippen LogP contribution in [-0.4, -0.2) is 0 Å². The highest BCUT2D eigenvalue weighted by molar-refractivity contribution is 6.31. The molecule has 0 radical (unpaired) electrons. The first-order valence-corrected chi connectivity index (χ1v) is 5.95. The van der Waals surface area contributed by atoms with E-state index in [4.69, 9.17) is 23.2 Å². The summed E-state index contributed by atoms with van der Waals surface area (Å²) >= 11 is 11.4. The zero-order valence-corrected chi connectivity index (χ0v) is 10.7. The Morgan fingerprint density at radius 3 is 2.28 bits per heavy atom. The molecule has 0 spiro atoms. The molecular weight excluding hydrogens is 279 g/mol. The fourth-order valence-electron chi connectivity index (χ4n) is 1.49. The molecule has 94 valence electrons. The van der Waals surface area contributed by atoms with Crippen LogP contribution in [0, 0.1) is 11.6 Å². The van der Waals surface area contributed by atoms with Crippen LogP contribution in [-0.2, 0) is 6.54 Å². The molecule has 0 amide bonds. The lowest BCUT2D eigenvalue weighted by Crippen LogP contribution is -2.03. The predicted octanol–water partition coefficient (Wildman–Crippen LogP) is 4.88. The maximum atomic E-state index is 13.5. The standard InChI is InChI=1S/C13H9Cl2F2N/c14-9-2-1-8(12(17)5-9)7-18-13-6-10(15)3-4-11(13)16/h1-6,18H,7H2. The third-order valence-electron chi connectivity index (χ3n) is 2.41. The number of hydrogen-bond donors (Lipinski definition) is 1. The van der Waals surface area contributed by atoms with Crippen molar-refractivity contribution in [3.05, 3.63) is 63.6 Å². The maximum absolute atomic E-state index is 13.5. The Balaban J connectivity index is 2.13. The van der Waals surface area contributed by atoms with E-state index in [1.807, 2.05) is 0 Å². The molecule has 0 atom stereocenters. The summed E-state index contributed by atoms with van der Waals surface area (Å²) < 4.78 is 26.9. The molecule has 0 saturated carbocycles. The third-order valence-corrected chi connectivity index (χ3v) is 2.88. The Hall–Kier alpha value is -1.32. The van der Waals surface area contributed by atoms with E-state index in [2.05, 4.69) is 5.32 Å². The van der Waals surface area contributed by atoms with Crippen molar-refractivity contribution in [1.82, 2.24) is 0 Å². The van der Waals surface area contributed by atoms with Crippen molar-refractivity contribution in [1.29, 1.82) is 0 Å². The molecule has 0 aliphatic carbocycles. The van der Waals surface area contributed by atoms with Gasteiger partial charge in [-0.3, -0.25) is 0 Å². The van der Waals surface area contributed by atoms with Gasteiger partial charge in [-0.25, -0.2) is 8.78 Å². The minimum absolute atomic E-state index is 0.153. The van der Waals surface area contributed by atoms with Crippen molar-refractivity contribution in [3.8, 4) is 0 Å². The van der Waals surface area contributed by atoms with Gasteiger partial charge in [-0.2, -0.15) is 0 Å². The Bertz CT molecular complexity index is 573. The topological polar surface area (TPSA) is 12.0 Å². The molecule has 0 unspecified atom stereocenters. The van der Waals surface area contributed by atoms with Crippen LogP contribution >= 0.6 is 23.2 Å². The largest absolute Gasteiger partial charge is 0.378 e. The van der Waals surface area contributed by atoms with Gasteiger partial charge in [0.1, 0.15) is 11.6 Å². The number of nitrogens with one attached hydrogen (secondary N) is 1. The van der Waals surface area contributed by atoms with E-state index in [0.717, 1.165) is 0 Å². The number of rotatable bonds is 3. The van der Waals surface area contributed by atoms with E-state index in [0.29, 0.717) is 15.6 Å². The number of benzene rings is 2. The lowest BCUT2D eigenvalue weighted by Gasteiger charge is -2.09. The van der Waals surface area contributed by atoms with Gasteiger partial charge < -0.3 is 5.32 Å². The van der Waals surface area contributed by atoms with E-state index in [9.17, 15) is 8.78 Å². The second kappa shape index (κ2) is 5.55. The Labute approximate surface area is 113 Å². The van der Waals surface area contributed by atoms with Gasteiger partial charge >= 0.3 is 0 Å². The molecular formula is C13H9Cl2F2N. The molecule has 18 heavy (non-hydrogen) atoms. The van der Waals surface area contributed by atoms with E-state index in [1.54, 1.807) is 12.1 Å². The lowest BCUT2D eigenvalue weighted by molar-refractivity contribution is 0.610. The quantitative estimate of drug-likeness (QED) is 0.848. The Morgan fingerprint density at radius 1 is 0.889 bits per heavy atom. The fraction of sp³-hybridized carbons (Fsp3) is 0.0769. The van der Waals surface area contributed by atoms with Crippen LogP contribution in [0.2, 0.25) is 10.0 Å². The molecule has 0 saturated heterocycles. The van der Waals surface area contributed by atoms with Crippen LogP contribution in [0.3, 0.4) is 0 Å². The van der Waals surface area contributed by atoms with Gasteiger partial charge in [-0.15, -0.1) is 0 Å². The van der Waals surface area contributed by atoms with E-state index >= 15 is 0 Å². The number of anilines is 1. The molecule has 1 nitrogen and oxygen atoms in total. The summed E-state index contributed by atoms with van der Waals surface area (Å²) in [5.74, 6) is -0.869. The molecule has 2 aromatic carbocycles. The van der Waals surface area contributed by atoms with E-state index in [-0.39, 0.29) is 12.2 Å². The van der Waals surface area contributed by atoms with Crippen LogP contribution in [0.4, 0.5) is 14.5 Å². The Kier molecular flexibility index (Phi) is 4.04.